The molecule has 2 nitrogen and oxygen atoms in total. The van der Waals surface area contributed by atoms with E-state index in [2.05, 4.69) is 32.1 Å². The van der Waals surface area contributed by atoms with Gasteiger partial charge in [-0.2, -0.15) is 0 Å². The van der Waals surface area contributed by atoms with E-state index in [1.807, 2.05) is 18.2 Å². The van der Waals surface area contributed by atoms with Crippen LogP contribution in [0.25, 0.3) is 0 Å². The van der Waals surface area contributed by atoms with Gasteiger partial charge in [-0.05, 0) is 27.6 Å². The molecule has 1 aromatic carbocycles. The van der Waals surface area contributed by atoms with Crippen LogP contribution >= 0.6 is 32.1 Å². The molecule has 62 valence electrons. The summed E-state index contributed by atoms with van der Waals surface area (Å²) in [5, 5.41) is 0. The fourth-order valence-electron chi connectivity index (χ4n) is 1.28. The third-order valence-corrected chi connectivity index (χ3v) is 3.08. The average molecular weight is 291 g/mol. The lowest BCUT2D eigenvalue weighted by atomic mass is 10.1. The molecule has 0 spiro atoms. The highest BCUT2D eigenvalue weighted by molar-refractivity contribution is 9.10. The number of amides is 1. The van der Waals surface area contributed by atoms with Crippen molar-refractivity contribution in [2.45, 2.75) is 6.54 Å². The first-order chi connectivity index (χ1) is 5.70. The second kappa shape index (κ2) is 2.85. The third kappa shape index (κ3) is 1.10. The van der Waals surface area contributed by atoms with Crippen LogP contribution in [0.5, 0.6) is 0 Å². The molecule has 0 N–H and O–H groups in total. The molecule has 1 aromatic rings. The van der Waals surface area contributed by atoms with Gasteiger partial charge in [-0.15, -0.1) is 0 Å². The van der Waals surface area contributed by atoms with Crippen LogP contribution < -0.4 is 0 Å². The zero-order chi connectivity index (χ0) is 8.72. The van der Waals surface area contributed by atoms with E-state index in [-0.39, 0.29) is 5.91 Å². The fourth-order valence-corrected chi connectivity index (χ4v) is 2.31. The Bertz CT molecular complexity index is 351. The molecule has 0 saturated carbocycles. The fraction of sp³-hybridized carbons (Fsp3) is 0.125. The second-order valence-electron chi connectivity index (χ2n) is 2.60. The average Bonchev–Trinajstić information content (AvgIpc) is 2.29. The number of fused-ring (bicyclic) bond motifs is 1. The van der Waals surface area contributed by atoms with E-state index < -0.39 is 0 Å². The topological polar surface area (TPSA) is 20.3 Å². The van der Waals surface area contributed by atoms with Crippen molar-refractivity contribution < 1.29 is 4.79 Å². The van der Waals surface area contributed by atoms with Crippen LogP contribution in [0.2, 0.25) is 0 Å². The Morgan fingerprint density at radius 1 is 1.42 bits per heavy atom. The quantitative estimate of drug-likeness (QED) is 0.673. The summed E-state index contributed by atoms with van der Waals surface area (Å²) >= 11 is 6.53. The van der Waals surface area contributed by atoms with Crippen molar-refractivity contribution in [1.82, 2.24) is 3.93 Å². The lowest BCUT2D eigenvalue weighted by molar-refractivity contribution is 0.0895. The van der Waals surface area contributed by atoms with Gasteiger partial charge in [0.25, 0.3) is 5.91 Å². The van der Waals surface area contributed by atoms with Gasteiger partial charge < -0.3 is 0 Å². The van der Waals surface area contributed by atoms with Crippen molar-refractivity contribution in [3.8, 4) is 0 Å². The molecule has 1 aliphatic rings. The van der Waals surface area contributed by atoms with Crippen LogP contribution in [0.4, 0.5) is 0 Å². The highest BCUT2D eigenvalue weighted by Gasteiger charge is 2.27. The minimum absolute atomic E-state index is 0.0254. The summed E-state index contributed by atoms with van der Waals surface area (Å²) in [6.45, 7) is 0.646. The van der Waals surface area contributed by atoms with Crippen LogP contribution in [0.3, 0.4) is 0 Å². The predicted octanol–water partition coefficient (Wildman–Crippen LogP) is 2.71. The molecule has 0 unspecified atom stereocenters. The third-order valence-electron chi connectivity index (χ3n) is 1.84. The predicted molar refractivity (Wildman–Crippen MR) is 52.9 cm³/mol. The van der Waals surface area contributed by atoms with Crippen molar-refractivity contribution >= 4 is 38.0 Å². The molecule has 4 heteroatoms. The summed E-state index contributed by atoms with van der Waals surface area (Å²) in [6.07, 6.45) is 0. The van der Waals surface area contributed by atoms with Gasteiger partial charge in [-0.3, -0.25) is 8.72 Å². The summed E-state index contributed by atoms with van der Waals surface area (Å²) in [7, 11) is 0. The Hall–Kier alpha value is -0.350. The summed E-state index contributed by atoms with van der Waals surface area (Å²) in [6, 6.07) is 5.77. The number of benzene rings is 1. The minimum atomic E-state index is 0.0254. The first-order valence-corrected chi connectivity index (χ1v) is 4.95. The van der Waals surface area contributed by atoms with Crippen LogP contribution in [0.1, 0.15) is 15.9 Å². The Morgan fingerprint density at radius 3 is 2.83 bits per heavy atom. The lowest BCUT2D eigenvalue weighted by Crippen LogP contribution is -2.10. The smallest absolute Gasteiger partial charge is 0.265 e. The maximum Gasteiger partial charge on any atom is 0.265 e. The molecule has 0 radical (unpaired) electrons. The van der Waals surface area contributed by atoms with Gasteiger partial charge in [-0.1, -0.05) is 12.1 Å². The zero-order valence-corrected chi connectivity index (χ0v) is 9.22. The molecule has 0 bridgehead atoms. The molecule has 1 aliphatic heterocycles. The van der Waals surface area contributed by atoms with Crippen molar-refractivity contribution in [2.75, 3.05) is 0 Å². The van der Waals surface area contributed by atoms with Crippen molar-refractivity contribution in [3.05, 3.63) is 33.8 Å². The number of rotatable bonds is 0. The van der Waals surface area contributed by atoms with Gasteiger partial charge in [0.1, 0.15) is 0 Å². The Kier molecular flexibility index (Phi) is 1.96. The van der Waals surface area contributed by atoms with E-state index in [0.29, 0.717) is 6.54 Å². The van der Waals surface area contributed by atoms with E-state index in [1.165, 1.54) is 3.93 Å². The first kappa shape index (κ1) is 8.26. The maximum absolute atomic E-state index is 11.5. The normalized spacial score (nSPS) is 15.2. The number of halogens is 2. The number of carbonyl (C=O) groups is 1. The van der Waals surface area contributed by atoms with E-state index in [9.17, 15) is 4.79 Å². The second-order valence-corrected chi connectivity index (χ2v) is 4.31. The Balaban J connectivity index is 2.62. The summed E-state index contributed by atoms with van der Waals surface area (Å²) in [4.78, 5) is 11.5. The van der Waals surface area contributed by atoms with Gasteiger partial charge >= 0.3 is 0 Å². The summed E-state index contributed by atoms with van der Waals surface area (Å²) < 4.78 is 2.40. The Labute approximate surface area is 87.0 Å². The van der Waals surface area contributed by atoms with E-state index in [1.54, 1.807) is 0 Å². The number of hydrogen-bond acceptors (Lipinski definition) is 1. The van der Waals surface area contributed by atoms with Gasteiger partial charge in [0.15, 0.2) is 0 Å². The standard InChI is InChI=1S/C8H5Br2NO/c9-6-3-1-2-5-4-11(10)8(12)7(5)6/h1-3H,4H2. The Morgan fingerprint density at radius 2 is 2.17 bits per heavy atom. The van der Waals surface area contributed by atoms with E-state index in [4.69, 9.17) is 0 Å². The first-order valence-electron chi connectivity index (χ1n) is 3.45. The molecular weight excluding hydrogens is 286 g/mol. The highest BCUT2D eigenvalue weighted by atomic mass is 79.9. The summed E-state index contributed by atoms with van der Waals surface area (Å²) in [5.74, 6) is 0.0254. The largest absolute Gasteiger partial charge is 0.270 e. The van der Waals surface area contributed by atoms with Crippen molar-refractivity contribution in [2.24, 2.45) is 0 Å². The van der Waals surface area contributed by atoms with Crippen LogP contribution in [-0.4, -0.2) is 9.83 Å². The van der Waals surface area contributed by atoms with Gasteiger partial charge in [0, 0.05) is 4.47 Å². The molecule has 12 heavy (non-hydrogen) atoms. The van der Waals surface area contributed by atoms with Crippen LogP contribution in [0, 0.1) is 0 Å². The highest BCUT2D eigenvalue weighted by Crippen LogP contribution is 2.30. The molecular formula is C8H5Br2NO. The number of hydrogen-bond donors (Lipinski definition) is 0. The number of nitrogens with zero attached hydrogens (tertiary/aromatic N) is 1. The van der Waals surface area contributed by atoms with Gasteiger partial charge in [0.2, 0.25) is 0 Å². The van der Waals surface area contributed by atoms with Gasteiger partial charge in [0.05, 0.1) is 28.3 Å². The molecule has 2 rings (SSSR count). The molecule has 0 saturated heterocycles. The van der Waals surface area contributed by atoms with E-state index >= 15 is 0 Å². The van der Waals surface area contributed by atoms with Crippen LogP contribution in [-0.2, 0) is 6.54 Å². The zero-order valence-electron chi connectivity index (χ0n) is 6.05. The molecule has 1 amide bonds. The van der Waals surface area contributed by atoms with Gasteiger partial charge in [-0.25, -0.2) is 0 Å². The van der Waals surface area contributed by atoms with E-state index in [0.717, 1.165) is 15.6 Å². The van der Waals surface area contributed by atoms with Crippen molar-refractivity contribution in [3.63, 3.8) is 0 Å². The molecule has 0 aromatic heterocycles. The number of carbonyl (C=O) groups excluding carboxylic acids is 1. The van der Waals surface area contributed by atoms with Crippen molar-refractivity contribution in [1.29, 1.82) is 0 Å². The maximum atomic E-state index is 11.5. The SMILES string of the molecule is O=C1c2c(Br)cccc2CN1Br. The van der Waals surface area contributed by atoms with Crippen LogP contribution in [0.15, 0.2) is 22.7 Å². The summed E-state index contributed by atoms with van der Waals surface area (Å²) in [5.41, 5.74) is 1.83. The molecule has 0 fully saturated rings. The monoisotopic (exact) mass is 289 g/mol. The molecule has 0 atom stereocenters. The molecule has 0 aliphatic carbocycles. The lowest BCUT2D eigenvalue weighted by Gasteiger charge is -2.01. The molecule has 1 heterocycles. The minimum Gasteiger partial charge on any atom is -0.270 e.